The van der Waals surface area contributed by atoms with Crippen LogP contribution < -0.4 is 4.90 Å². The molecule has 0 fully saturated rings. The zero-order valence-electron chi connectivity index (χ0n) is 9.78. The monoisotopic (exact) mass is 203 g/mol. The number of nitrogens with zero attached hydrogens (tertiary/aromatic N) is 3. The molecule has 0 aliphatic heterocycles. The molecule has 0 unspecified atom stereocenters. The van der Waals surface area contributed by atoms with E-state index in [1.54, 1.807) is 6.20 Å². The maximum absolute atomic E-state index is 8.77. The van der Waals surface area contributed by atoms with Gasteiger partial charge in [0.1, 0.15) is 11.8 Å². The van der Waals surface area contributed by atoms with E-state index in [0.717, 1.165) is 12.1 Å². The molecule has 80 valence electrons. The molecule has 1 aromatic heterocycles. The quantitative estimate of drug-likeness (QED) is 0.758. The third-order valence-electron chi connectivity index (χ3n) is 3.02. The molecule has 0 saturated carbocycles. The molecule has 1 aromatic rings. The first-order valence-electron chi connectivity index (χ1n) is 5.11. The van der Waals surface area contributed by atoms with Crippen LogP contribution in [0.1, 0.15) is 32.9 Å². The van der Waals surface area contributed by atoms with E-state index in [1.165, 1.54) is 0 Å². The first-order valence-corrected chi connectivity index (χ1v) is 5.11. The van der Waals surface area contributed by atoms with E-state index < -0.39 is 0 Å². The van der Waals surface area contributed by atoms with Gasteiger partial charge in [0.25, 0.3) is 0 Å². The van der Waals surface area contributed by atoms with Crippen LogP contribution in [0.25, 0.3) is 0 Å². The zero-order chi connectivity index (χ0) is 11.5. The van der Waals surface area contributed by atoms with Gasteiger partial charge in [-0.2, -0.15) is 5.26 Å². The van der Waals surface area contributed by atoms with Gasteiger partial charge < -0.3 is 4.90 Å². The molecule has 0 radical (unpaired) electrons. The van der Waals surface area contributed by atoms with Crippen molar-refractivity contribution < 1.29 is 0 Å². The smallest absolute Gasteiger partial charge is 0.142 e. The van der Waals surface area contributed by atoms with E-state index in [1.807, 2.05) is 19.2 Å². The molecular formula is C12H17N3. The zero-order valence-corrected chi connectivity index (χ0v) is 9.78. The Morgan fingerprint density at radius 1 is 1.53 bits per heavy atom. The largest absolute Gasteiger partial charge is 0.369 e. The predicted molar refractivity (Wildman–Crippen MR) is 61.7 cm³/mol. The van der Waals surface area contributed by atoms with Crippen molar-refractivity contribution in [1.29, 1.82) is 5.26 Å². The van der Waals surface area contributed by atoms with Crippen molar-refractivity contribution in [2.45, 2.75) is 32.7 Å². The lowest BCUT2D eigenvalue weighted by Gasteiger charge is -2.36. The molecule has 0 aromatic carbocycles. The number of rotatable bonds is 3. The molecule has 0 N–H and O–H groups in total. The Morgan fingerprint density at radius 2 is 2.20 bits per heavy atom. The second-order valence-corrected chi connectivity index (χ2v) is 4.24. The van der Waals surface area contributed by atoms with Crippen LogP contribution >= 0.6 is 0 Å². The van der Waals surface area contributed by atoms with Crippen LogP contribution in [0.3, 0.4) is 0 Å². The fourth-order valence-electron chi connectivity index (χ4n) is 1.28. The second kappa shape index (κ2) is 4.31. The van der Waals surface area contributed by atoms with Crippen LogP contribution in [0.4, 0.5) is 5.69 Å². The van der Waals surface area contributed by atoms with Gasteiger partial charge in [0, 0.05) is 24.5 Å². The van der Waals surface area contributed by atoms with Crippen molar-refractivity contribution in [3.8, 4) is 6.07 Å². The fraction of sp³-hybridized carbons (Fsp3) is 0.500. The molecule has 3 heteroatoms. The highest BCUT2D eigenvalue weighted by atomic mass is 15.2. The average molecular weight is 203 g/mol. The topological polar surface area (TPSA) is 39.9 Å². The summed E-state index contributed by atoms with van der Waals surface area (Å²) in [5, 5.41) is 8.77. The van der Waals surface area contributed by atoms with Crippen LogP contribution in [-0.4, -0.2) is 17.6 Å². The molecule has 0 amide bonds. The normalized spacial score (nSPS) is 10.9. The summed E-state index contributed by atoms with van der Waals surface area (Å²) in [4.78, 5) is 6.14. The van der Waals surface area contributed by atoms with Gasteiger partial charge in [-0.3, -0.25) is 0 Å². The molecule has 0 saturated heterocycles. The lowest BCUT2D eigenvalue weighted by Crippen LogP contribution is -2.40. The van der Waals surface area contributed by atoms with Gasteiger partial charge >= 0.3 is 0 Å². The predicted octanol–water partition coefficient (Wildman–Crippen LogP) is 2.58. The Balaban J connectivity index is 3.02. The van der Waals surface area contributed by atoms with Crippen LogP contribution in [-0.2, 0) is 0 Å². The highest BCUT2D eigenvalue weighted by molar-refractivity contribution is 5.50. The maximum atomic E-state index is 8.77. The lowest BCUT2D eigenvalue weighted by molar-refractivity contribution is 0.470. The van der Waals surface area contributed by atoms with Crippen molar-refractivity contribution >= 4 is 5.69 Å². The summed E-state index contributed by atoms with van der Waals surface area (Å²) in [5.74, 6) is 0. The van der Waals surface area contributed by atoms with Crippen molar-refractivity contribution in [1.82, 2.24) is 4.98 Å². The maximum Gasteiger partial charge on any atom is 0.142 e. The summed E-state index contributed by atoms with van der Waals surface area (Å²) in [5.41, 5.74) is 1.59. The van der Waals surface area contributed by atoms with E-state index in [9.17, 15) is 0 Å². The van der Waals surface area contributed by atoms with Gasteiger partial charge in [-0.15, -0.1) is 0 Å². The number of aromatic nitrogens is 1. The summed E-state index contributed by atoms with van der Waals surface area (Å²) in [6.45, 7) is 6.52. The molecule has 1 heterocycles. The summed E-state index contributed by atoms with van der Waals surface area (Å²) in [6.07, 6.45) is 2.73. The van der Waals surface area contributed by atoms with Gasteiger partial charge in [-0.1, -0.05) is 6.92 Å². The molecule has 0 bridgehead atoms. The molecule has 0 spiro atoms. The van der Waals surface area contributed by atoms with Gasteiger partial charge in [0.05, 0.1) is 0 Å². The summed E-state index contributed by atoms with van der Waals surface area (Å²) < 4.78 is 0. The van der Waals surface area contributed by atoms with Gasteiger partial charge in [-0.05, 0) is 32.4 Å². The molecular weight excluding hydrogens is 186 g/mol. The number of nitriles is 1. The molecule has 0 aliphatic carbocycles. The van der Waals surface area contributed by atoms with E-state index in [0.29, 0.717) is 5.69 Å². The summed E-state index contributed by atoms with van der Waals surface area (Å²) in [7, 11) is 2.04. The first-order chi connectivity index (χ1) is 7.01. The molecule has 3 nitrogen and oxygen atoms in total. The van der Waals surface area contributed by atoms with Crippen molar-refractivity contribution in [3.05, 3.63) is 24.0 Å². The third-order valence-corrected chi connectivity index (χ3v) is 3.02. The first kappa shape index (κ1) is 11.5. The van der Waals surface area contributed by atoms with Gasteiger partial charge in [0.15, 0.2) is 0 Å². The van der Waals surface area contributed by atoms with E-state index in [-0.39, 0.29) is 5.54 Å². The number of anilines is 1. The molecule has 15 heavy (non-hydrogen) atoms. The van der Waals surface area contributed by atoms with E-state index in [4.69, 9.17) is 5.26 Å². The van der Waals surface area contributed by atoms with Crippen molar-refractivity contribution in [3.63, 3.8) is 0 Å². The van der Waals surface area contributed by atoms with Crippen LogP contribution in [0.2, 0.25) is 0 Å². The number of hydrogen-bond acceptors (Lipinski definition) is 3. The van der Waals surface area contributed by atoms with E-state index >= 15 is 0 Å². The van der Waals surface area contributed by atoms with Crippen LogP contribution in [0.15, 0.2) is 18.3 Å². The number of hydrogen-bond donors (Lipinski definition) is 0. The van der Waals surface area contributed by atoms with Gasteiger partial charge in [0.2, 0.25) is 0 Å². The Bertz CT molecular complexity index is 377. The molecule has 0 aliphatic rings. The standard InChI is InChI=1S/C12H17N3/c1-5-12(2,3)15(4)11-6-7-14-10(8-11)9-13/h6-8H,5H2,1-4H3. The summed E-state index contributed by atoms with van der Waals surface area (Å²) >= 11 is 0. The van der Waals surface area contributed by atoms with E-state index in [2.05, 4.69) is 36.7 Å². The fourth-order valence-corrected chi connectivity index (χ4v) is 1.28. The minimum Gasteiger partial charge on any atom is -0.369 e. The minimum absolute atomic E-state index is 0.0913. The second-order valence-electron chi connectivity index (χ2n) is 4.24. The highest BCUT2D eigenvalue weighted by Gasteiger charge is 2.21. The average Bonchev–Trinajstić information content (AvgIpc) is 2.28. The van der Waals surface area contributed by atoms with Crippen molar-refractivity contribution in [2.24, 2.45) is 0 Å². The van der Waals surface area contributed by atoms with Crippen molar-refractivity contribution in [2.75, 3.05) is 11.9 Å². The Hall–Kier alpha value is -1.56. The Labute approximate surface area is 91.4 Å². The SMILES string of the molecule is CCC(C)(C)N(C)c1ccnc(C#N)c1. The van der Waals surface area contributed by atoms with Crippen LogP contribution in [0.5, 0.6) is 0 Å². The molecule has 1 rings (SSSR count). The Morgan fingerprint density at radius 3 is 2.73 bits per heavy atom. The van der Waals surface area contributed by atoms with Gasteiger partial charge in [-0.25, -0.2) is 4.98 Å². The third kappa shape index (κ3) is 2.47. The molecule has 0 atom stereocenters. The summed E-state index contributed by atoms with van der Waals surface area (Å²) in [6, 6.07) is 5.80. The van der Waals surface area contributed by atoms with Crippen LogP contribution in [0, 0.1) is 11.3 Å². The number of pyridine rings is 1. The Kier molecular flexibility index (Phi) is 3.31. The minimum atomic E-state index is 0.0913. The highest BCUT2D eigenvalue weighted by Crippen LogP contribution is 2.24. The lowest BCUT2D eigenvalue weighted by atomic mass is 9.99.